The Morgan fingerprint density at radius 2 is 1.89 bits per heavy atom. The van der Waals surface area contributed by atoms with Gasteiger partial charge in [0.05, 0.1) is 5.52 Å². The summed E-state index contributed by atoms with van der Waals surface area (Å²) in [5, 5.41) is 2.52. The molecule has 2 N–H and O–H groups in total. The second-order valence-corrected chi connectivity index (χ2v) is 12.9. The molecule has 47 heavy (non-hydrogen) atoms. The molecule has 3 unspecified atom stereocenters. The van der Waals surface area contributed by atoms with Crippen molar-refractivity contribution in [1.82, 2.24) is 29.2 Å². The molecule has 1 aliphatic carbocycles. The van der Waals surface area contributed by atoms with Crippen LogP contribution in [0.5, 0.6) is 0 Å². The zero-order valence-electron chi connectivity index (χ0n) is 24.6. The minimum Gasteiger partial charge on any atom is -0.331 e. The van der Waals surface area contributed by atoms with Gasteiger partial charge in [0.25, 0.3) is 0 Å². The summed E-state index contributed by atoms with van der Waals surface area (Å²) in [5.74, 6) is -1.88. The SMILES string of the molecule is O=NP(=O)(O)OCn1c(=O)n(C2CCN(C(=O)N[C@@H]3CC[C@@H](C4=CC=CC(F)C4F)CN(CC(F)(F)F)C3=O)CC2)c2cccnc21. The zero-order valence-corrected chi connectivity index (χ0v) is 25.5. The number of amides is 3. The van der Waals surface area contributed by atoms with E-state index in [9.17, 15) is 50.7 Å². The molecule has 2 fully saturated rings. The number of aromatic nitrogens is 3. The zero-order chi connectivity index (χ0) is 34.1. The highest BCUT2D eigenvalue weighted by Crippen LogP contribution is 2.43. The number of piperidine rings is 1. The predicted octanol–water partition coefficient (Wildman–Crippen LogP) is 3.73. The highest BCUT2D eigenvalue weighted by molar-refractivity contribution is 7.51. The summed E-state index contributed by atoms with van der Waals surface area (Å²) in [6, 6.07) is 0.618. The normalized spacial score (nSPS) is 25.7. The molecule has 0 saturated carbocycles. The third kappa shape index (κ3) is 7.62. The van der Waals surface area contributed by atoms with Crippen LogP contribution in [0, 0.1) is 10.8 Å². The van der Waals surface area contributed by atoms with E-state index >= 15 is 0 Å². The second kappa shape index (κ2) is 13.6. The van der Waals surface area contributed by atoms with Gasteiger partial charge in [-0.3, -0.25) is 18.5 Å². The van der Waals surface area contributed by atoms with Crippen molar-refractivity contribution in [2.75, 3.05) is 26.2 Å². The van der Waals surface area contributed by atoms with E-state index < -0.39 is 81.7 Å². The number of allylic oxidation sites excluding steroid dienone is 3. The molecule has 5 atom stereocenters. The van der Waals surface area contributed by atoms with Gasteiger partial charge in [-0.15, -0.1) is 4.91 Å². The number of rotatable bonds is 8. The quantitative estimate of drug-likeness (QED) is 0.240. The molecule has 2 saturated heterocycles. The standard InChI is InChI=1S/C27H31F5N7O7P/c28-19-4-1-3-18(22(19)29)16-6-7-20(24(40)37(13-16)14-27(30,31)32)34-25(41)36-11-8-17(9-12-36)39-21-5-2-10-33-23(21)38(26(39)42)15-46-47(44,45)35-43/h1-5,10,16-17,19-20,22H,6-9,11-15H2,(H,34,41)(H,44,45)/t16-,19?,20-,22?/m1/s1. The predicted molar refractivity (Wildman–Crippen MR) is 155 cm³/mol. The molecule has 3 aliphatic rings. The Morgan fingerprint density at radius 1 is 1.17 bits per heavy atom. The Hall–Kier alpha value is -3.96. The van der Waals surface area contributed by atoms with E-state index in [0.29, 0.717) is 10.4 Å². The van der Waals surface area contributed by atoms with E-state index in [1.165, 1.54) is 27.8 Å². The Bertz CT molecular complexity index is 1690. The maximum absolute atomic E-state index is 14.7. The van der Waals surface area contributed by atoms with Crippen LogP contribution in [0.3, 0.4) is 0 Å². The molecule has 4 heterocycles. The van der Waals surface area contributed by atoms with Gasteiger partial charge in [0.2, 0.25) is 5.91 Å². The molecule has 0 bridgehead atoms. The number of hydrogen-bond acceptors (Lipinski definition) is 7. The van der Waals surface area contributed by atoms with Crippen molar-refractivity contribution in [2.24, 2.45) is 10.9 Å². The average molecular weight is 692 g/mol. The molecule has 5 rings (SSSR count). The van der Waals surface area contributed by atoms with Crippen LogP contribution in [-0.2, 0) is 20.6 Å². The number of nitrogens with zero attached hydrogens (tertiary/aromatic N) is 6. The van der Waals surface area contributed by atoms with Crippen LogP contribution in [-0.4, -0.2) is 91.5 Å². The molecule has 0 spiro atoms. The van der Waals surface area contributed by atoms with Gasteiger partial charge >= 0.3 is 25.6 Å². The molecule has 2 aromatic heterocycles. The van der Waals surface area contributed by atoms with Gasteiger partial charge in [-0.05, 0) is 49.5 Å². The number of nitrogens with one attached hydrogen (secondary N) is 1. The molecule has 2 aliphatic heterocycles. The Balaban J connectivity index is 1.27. The summed E-state index contributed by atoms with van der Waals surface area (Å²) >= 11 is 0. The van der Waals surface area contributed by atoms with Crippen molar-refractivity contribution in [3.63, 3.8) is 0 Å². The lowest BCUT2D eigenvalue weighted by Crippen LogP contribution is -2.54. The Kier molecular flexibility index (Phi) is 9.98. The number of carbonyl (C=O) groups is 2. The molecular weight excluding hydrogens is 660 g/mol. The lowest BCUT2D eigenvalue weighted by Gasteiger charge is -2.34. The van der Waals surface area contributed by atoms with Crippen LogP contribution in [0.4, 0.5) is 26.7 Å². The summed E-state index contributed by atoms with van der Waals surface area (Å²) in [4.78, 5) is 67.7. The fourth-order valence-electron chi connectivity index (χ4n) is 6.23. The van der Waals surface area contributed by atoms with Crippen molar-refractivity contribution in [1.29, 1.82) is 0 Å². The van der Waals surface area contributed by atoms with Crippen LogP contribution in [0.2, 0.25) is 0 Å². The first-order chi connectivity index (χ1) is 22.2. The van der Waals surface area contributed by atoms with Crippen molar-refractivity contribution >= 4 is 30.8 Å². The topological polar surface area (TPSA) is 168 Å². The van der Waals surface area contributed by atoms with Gasteiger partial charge in [-0.25, -0.2) is 27.9 Å². The van der Waals surface area contributed by atoms with Crippen molar-refractivity contribution in [2.45, 2.75) is 63.0 Å². The van der Waals surface area contributed by atoms with Gasteiger partial charge in [-0.1, -0.05) is 12.2 Å². The maximum atomic E-state index is 14.7. The maximum Gasteiger partial charge on any atom is 0.488 e. The minimum absolute atomic E-state index is 0.0271. The lowest BCUT2D eigenvalue weighted by atomic mass is 9.86. The number of halogens is 5. The first-order valence-corrected chi connectivity index (χ1v) is 16.2. The van der Waals surface area contributed by atoms with E-state index in [1.807, 2.05) is 4.95 Å². The van der Waals surface area contributed by atoms with Gasteiger partial charge in [0.15, 0.2) is 18.0 Å². The average Bonchev–Trinajstić information content (AvgIpc) is 3.23. The molecule has 14 nitrogen and oxygen atoms in total. The Labute approximate surface area is 263 Å². The molecular formula is C27H31F5N7O7P. The minimum atomic E-state index is -4.83. The van der Waals surface area contributed by atoms with Gasteiger partial charge in [0.1, 0.15) is 19.3 Å². The third-order valence-electron chi connectivity index (χ3n) is 8.47. The van der Waals surface area contributed by atoms with Crippen LogP contribution in [0.15, 0.2) is 51.9 Å². The molecule has 0 radical (unpaired) electrons. The van der Waals surface area contributed by atoms with Crippen molar-refractivity contribution < 1.29 is 45.5 Å². The number of alkyl halides is 5. The highest BCUT2D eigenvalue weighted by Gasteiger charge is 2.42. The first kappa shape index (κ1) is 34.4. The van der Waals surface area contributed by atoms with Gasteiger partial charge in [0, 0.05) is 42.7 Å². The summed E-state index contributed by atoms with van der Waals surface area (Å²) in [6.07, 6.45) is -3.41. The molecule has 256 valence electrons. The molecule has 20 heteroatoms. The number of pyridine rings is 1. The van der Waals surface area contributed by atoms with Crippen LogP contribution < -0.4 is 11.0 Å². The summed E-state index contributed by atoms with van der Waals surface area (Å²) in [7, 11) is -4.83. The number of urea groups is 1. The number of imidazole rings is 1. The van der Waals surface area contributed by atoms with Crippen molar-refractivity contribution in [3.05, 3.63) is 57.5 Å². The van der Waals surface area contributed by atoms with E-state index in [1.54, 1.807) is 12.1 Å². The van der Waals surface area contributed by atoms with E-state index in [2.05, 4.69) is 14.8 Å². The lowest BCUT2D eigenvalue weighted by molar-refractivity contribution is -0.162. The fraction of sp³-hybridized carbons (Fsp3) is 0.556. The van der Waals surface area contributed by atoms with Gasteiger partial charge < -0.3 is 20.0 Å². The van der Waals surface area contributed by atoms with E-state index in [0.717, 1.165) is 10.6 Å². The summed E-state index contributed by atoms with van der Waals surface area (Å²) in [6.45, 7) is -2.72. The summed E-state index contributed by atoms with van der Waals surface area (Å²) < 4.78 is 87.5. The fourth-order valence-corrected chi connectivity index (χ4v) is 6.55. The number of likely N-dealkylation sites (tertiary alicyclic amines) is 2. The smallest absolute Gasteiger partial charge is 0.331 e. The van der Waals surface area contributed by atoms with Gasteiger partial charge in [-0.2, -0.15) is 13.2 Å². The number of carbonyl (C=O) groups excluding carboxylic acids is 2. The van der Waals surface area contributed by atoms with Crippen molar-refractivity contribution in [3.8, 4) is 0 Å². The monoisotopic (exact) mass is 691 g/mol. The van der Waals surface area contributed by atoms with E-state index in [4.69, 9.17) is 0 Å². The van der Waals surface area contributed by atoms with E-state index in [-0.39, 0.29) is 50.0 Å². The number of fused-ring (bicyclic) bond motifs is 1. The first-order valence-electron chi connectivity index (χ1n) is 14.6. The number of hydrogen-bond donors (Lipinski definition) is 2. The largest absolute Gasteiger partial charge is 0.488 e. The molecule has 0 aromatic carbocycles. The molecule has 2 aromatic rings. The Morgan fingerprint density at radius 3 is 2.57 bits per heavy atom. The summed E-state index contributed by atoms with van der Waals surface area (Å²) in [5.41, 5.74) is -0.233. The van der Waals surface area contributed by atoms with Crippen LogP contribution in [0.1, 0.15) is 31.7 Å². The third-order valence-corrected chi connectivity index (χ3v) is 9.13. The van der Waals surface area contributed by atoms with Crippen LogP contribution >= 0.6 is 7.75 Å². The number of nitroso groups, excluding NO2 is 1. The van der Waals surface area contributed by atoms with Crippen LogP contribution in [0.25, 0.3) is 11.2 Å². The molecule has 3 amide bonds. The highest BCUT2D eigenvalue weighted by atomic mass is 31.2. The second-order valence-electron chi connectivity index (χ2n) is 11.5.